The molecule has 348 valence electrons. The van der Waals surface area contributed by atoms with Gasteiger partial charge in [0.2, 0.25) is 11.8 Å². The van der Waals surface area contributed by atoms with Crippen LogP contribution in [-0.4, -0.2) is 121 Å². The molecule has 0 spiro atoms. The lowest BCUT2D eigenvalue weighted by Crippen LogP contribution is -2.53. The second kappa shape index (κ2) is 20.3. The Morgan fingerprint density at radius 3 is 2.55 bits per heavy atom. The first-order chi connectivity index (χ1) is 31.1. The van der Waals surface area contributed by atoms with Crippen LogP contribution in [0.2, 0.25) is 0 Å². The third-order valence-corrected chi connectivity index (χ3v) is 12.2. The Bertz CT molecular complexity index is 2380. The number of aromatic nitrogens is 5. The fourth-order valence-electron chi connectivity index (χ4n) is 8.91. The van der Waals surface area contributed by atoms with Crippen molar-refractivity contribution in [1.29, 1.82) is 5.26 Å². The highest BCUT2D eigenvalue weighted by Gasteiger charge is 2.61. The summed E-state index contributed by atoms with van der Waals surface area (Å²) in [5.74, 6) is 0.747. The number of pyridine rings is 2. The van der Waals surface area contributed by atoms with Crippen molar-refractivity contribution < 1.29 is 28.7 Å². The molecule has 7 N–H and O–H groups in total. The summed E-state index contributed by atoms with van der Waals surface area (Å²) in [6, 6.07) is 6.84. The third-order valence-electron chi connectivity index (χ3n) is 12.2. The molecule has 65 heavy (non-hydrogen) atoms. The minimum Gasteiger partial charge on any atom is -0.444 e. The molecule has 5 heterocycles. The Morgan fingerprint density at radius 2 is 1.83 bits per heavy atom. The van der Waals surface area contributed by atoms with Crippen LogP contribution in [0.4, 0.5) is 16.4 Å². The van der Waals surface area contributed by atoms with Crippen LogP contribution in [0.25, 0.3) is 16.9 Å². The number of nitrogens with two attached hydrogens (primary N) is 1. The molecule has 0 radical (unpaired) electrons. The Kier molecular flexibility index (Phi) is 14.6. The van der Waals surface area contributed by atoms with E-state index in [1.165, 1.54) is 6.20 Å². The molecule has 0 aromatic carbocycles. The Morgan fingerprint density at radius 1 is 1.03 bits per heavy atom. The molecule has 3 atom stereocenters. The minimum atomic E-state index is -0.763. The summed E-state index contributed by atoms with van der Waals surface area (Å²) in [5.41, 5.74) is 7.11. The zero-order valence-corrected chi connectivity index (χ0v) is 38.1. The molecule has 19 nitrogen and oxygen atoms in total. The number of nitriles is 1. The number of imidazole rings is 1. The second-order valence-corrected chi connectivity index (χ2v) is 18.8. The number of anilines is 2. The number of carbonyl (C=O) groups excluding carboxylic acids is 4. The highest BCUT2D eigenvalue weighted by Crippen LogP contribution is 2.49. The number of ether oxygens (including phenoxy) is 2. The van der Waals surface area contributed by atoms with E-state index in [1.807, 2.05) is 36.7 Å². The van der Waals surface area contributed by atoms with Crippen LogP contribution in [0.3, 0.4) is 0 Å². The monoisotopic (exact) mass is 894 g/mol. The number of hydrogen-bond acceptors (Lipinski definition) is 13. The fraction of sp³-hybridized carbons (Fsp3) is 0.565. The number of aryl methyl sites for hydroxylation is 1. The van der Waals surface area contributed by atoms with Crippen molar-refractivity contribution in [3.63, 3.8) is 0 Å². The summed E-state index contributed by atoms with van der Waals surface area (Å²) < 4.78 is 15.0. The molecule has 4 aromatic heterocycles. The molecule has 4 aromatic rings. The number of carbonyl (C=O) groups is 4. The number of piperidine rings is 1. The molecule has 0 bridgehead atoms. The van der Waals surface area contributed by atoms with E-state index >= 15 is 0 Å². The van der Waals surface area contributed by atoms with Crippen LogP contribution in [-0.2, 0) is 25.6 Å². The minimum absolute atomic E-state index is 0.0000867. The van der Waals surface area contributed by atoms with E-state index in [2.05, 4.69) is 52.5 Å². The molecule has 7 rings (SSSR count). The molecular weight excluding hydrogens is 831 g/mol. The molecule has 3 aliphatic rings. The van der Waals surface area contributed by atoms with E-state index in [1.54, 1.807) is 50.0 Å². The van der Waals surface area contributed by atoms with Gasteiger partial charge in [0, 0.05) is 93.2 Å². The van der Waals surface area contributed by atoms with Crippen LogP contribution in [0.15, 0.2) is 49.2 Å². The number of nitrogens with zero attached hydrogens (tertiary/aromatic N) is 7. The average Bonchev–Trinajstić information content (AvgIpc) is 3.56. The first-order valence-corrected chi connectivity index (χ1v) is 22.7. The van der Waals surface area contributed by atoms with E-state index in [4.69, 9.17) is 15.2 Å². The number of amides is 4. The maximum absolute atomic E-state index is 13.6. The SMILES string of the molecule is CC(C)Nc1cc(-n2ccc3cc(C#N)cnc32)ncc1C(=O)NC1CCC(C(=O)NCCOCCN2C[C@H]3C[C@@]3(NC(=O)[C@H](CCCn3ccnc3N)NC(=O)OC(C)(C)C)C2)CC1. The van der Waals surface area contributed by atoms with Gasteiger partial charge in [-0.25, -0.2) is 19.7 Å². The van der Waals surface area contributed by atoms with Gasteiger partial charge < -0.3 is 46.4 Å². The Hall–Kier alpha value is -6.26. The number of nitrogens with one attached hydrogen (secondary N) is 5. The number of alkyl carbamates (subject to hydrolysis) is 1. The largest absolute Gasteiger partial charge is 0.444 e. The maximum atomic E-state index is 13.6. The topological polar surface area (TPSA) is 248 Å². The summed E-state index contributed by atoms with van der Waals surface area (Å²) >= 11 is 0. The number of fused-ring (bicyclic) bond motifs is 2. The van der Waals surface area contributed by atoms with Crippen molar-refractivity contribution in [1.82, 2.24) is 50.3 Å². The molecule has 2 aliphatic carbocycles. The predicted octanol–water partition coefficient (Wildman–Crippen LogP) is 3.88. The van der Waals surface area contributed by atoms with Crippen molar-refractivity contribution in [2.45, 2.75) is 115 Å². The lowest BCUT2D eigenvalue weighted by molar-refractivity contribution is -0.126. The van der Waals surface area contributed by atoms with Crippen LogP contribution in [0.1, 0.15) is 95.5 Å². The van der Waals surface area contributed by atoms with Crippen molar-refractivity contribution in [3.8, 4) is 11.9 Å². The number of nitrogen functional groups attached to an aromatic ring is 1. The van der Waals surface area contributed by atoms with Gasteiger partial charge in [-0.1, -0.05) is 0 Å². The van der Waals surface area contributed by atoms with Gasteiger partial charge in [0.15, 0.2) is 5.95 Å². The van der Waals surface area contributed by atoms with E-state index in [0.29, 0.717) is 118 Å². The normalized spacial score (nSPS) is 21.0. The summed E-state index contributed by atoms with van der Waals surface area (Å²) in [6.45, 7) is 13.5. The van der Waals surface area contributed by atoms with Gasteiger partial charge in [-0.3, -0.25) is 23.9 Å². The van der Waals surface area contributed by atoms with Crippen LogP contribution in [0, 0.1) is 23.2 Å². The molecular formula is C46H63N13O6. The number of likely N-dealkylation sites (tertiary alicyclic amines) is 1. The molecule has 4 amide bonds. The summed E-state index contributed by atoms with van der Waals surface area (Å²) in [5, 5.41) is 25.7. The van der Waals surface area contributed by atoms with Crippen LogP contribution < -0.4 is 32.3 Å². The van der Waals surface area contributed by atoms with Crippen molar-refractivity contribution in [2.75, 3.05) is 50.4 Å². The summed E-state index contributed by atoms with van der Waals surface area (Å²) in [4.78, 5) is 68.3. The van der Waals surface area contributed by atoms with Crippen molar-refractivity contribution in [2.24, 2.45) is 11.8 Å². The molecule has 19 heteroatoms. The van der Waals surface area contributed by atoms with Crippen molar-refractivity contribution >= 4 is 46.5 Å². The second-order valence-electron chi connectivity index (χ2n) is 18.8. The van der Waals surface area contributed by atoms with Gasteiger partial charge >= 0.3 is 6.09 Å². The quantitative estimate of drug-likeness (QED) is 0.0733. The summed E-state index contributed by atoms with van der Waals surface area (Å²) in [7, 11) is 0. The third kappa shape index (κ3) is 12.1. The van der Waals surface area contributed by atoms with Crippen LogP contribution >= 0.6 is 0 Å². The fourth-order valence-corrected chi connectivity index (χ4v) is 8.91. The van der Waals surface area contributed by atoms with E-state index in [0.717, 1.165) is 18.4 Å². The lowest BCUT2D eigenvalue weighted by Gasteiger charge is -2.28. The summed E-state index contributed by atoms with van der Waals surface area (Å²) in [6.07, 6.45) is 12.3. The predicted molar refractivity (Wildman–Crippen MR) is 244 cm³/mol. The van der Waals surface area contributed by atoms with Gasteiger partial charge in [0.25, 0.3) is 5.91 Å². The maximum Gasteiger partial charge on any atom is 0.408 e. The molecule has 1 saturated heterocycles. The zero-order valence-electron chi connectivity index (χ0n) is 38.1. The van der Waals surface area contributed by atoms with Crippen LogP contribution in [0.5, 0.6) is 0 Å². The highest BCUT2D eigenvalue weighted by molar-refractivity contribution is 6.00. The number of hydrogen-bond donors (Lipinski definition) is 6. The van der Waals surface area contributed by atoms with Gasteiger partial charge in [-0.2, -0.15) is 5.26 Å². The molecule has 0 unspecified atom stereocenters. The zero-order chi connectivity index (χ0) is 46.3. The smallest absolute Gasteiger partial charge is 0.408 e. The van der Waals surface area contributed by atoms with Gasteiger partial charge in [0.1, 0.15) is 29.2 Å². The highest BCUT2D eigenvalue weighted by atomic mass is 16.6. The molecule has 2 saturated carbocycles. The Labute approximate surface area is 379 Å². The van der Waals surface area contributed by atoms with E-state index in [-0.39, 0.29) is 41.3 Å². The van der Waals surface area contributed by atoms with E-state index in [9.17, 15) is 24.4 Å². The first kappa shape index (κ1) is 46.7. The first-order valence-electron chi connectivity index (χ1n) is 22.7. The van der Waals surface area contributed by atoms with Crippen molar-refractivity contribution in [3.05, 3.63) is 60.3 Å². The molecule has 3 fully saturated rings. The van der Waals surface area contributed by atoms with Gasteiger partial charge in [0.05, 0.1) is 35.6 Å². The molecule has 1 aliphatic heterocycles. The van der Waals surface area contributed by atoms with Gasteiger partial charge in [-0.15, -0.1) is 0 Å². The average molecular weight is 894 g/mol. The lowest BCUT2D eigenvalue weighted by atomic mass is 9.85. The van der Waals surface area contributed by atoms with E-state index < -0.39 is 17.7 Å². The Balaban J connectivity index is 0.798. The number of rotatable bonds is 19. The standard InChI is InChI=1S/C46H63N13O6/c1-29(2)53-37-22-38(59-16-12-32-21-30(24-47)25-52-39(32)59)51-26-35(37)41(61)54-34-10-8-31(9-11-34)40(60)49-14-19-64-20-18-57-27-33-23-46(33,28-57)56-42(62)36(55-44(63)65-45(3,4)5)7-6-15-58-17-13-50-43(58)48/h12-13,16-17,21-22,25-26,29,31,33-34,36H,6-11,14-15,18-20,23,27-28H2,1-5H3,(H2,48,50)(H,49,60)(H,51,53)(H,54,61)(H,55,63)(H,56,62)/t31?,33-,34?,36+,46-/m1/s1. The van der Waals surface area contributed by atoms with Gasteiger partial charge in [-0.05, 0) is 97.6 Å².